The standard InChI is InChI=1S/C20H26O3/c1-14(15-10-6-9-13-18(15)23-5)20(21,22)17-12-8-7-11-16(17)19(2,3)4/h6-14,21-22H,1-5H3. The number of hydrogen-bond acceptors (Lipinski definition) is 3. The summed E-state index contributed by atoms with van der Waals surface area (Å²) in [5, 5.41) is 21.9. The Morgan fingerprint density at radius 1 is 0.870 bits per heavy atom. The maximum atomic E-state index is 11.0. The van der Waals surface area contributed by atoms with Gasteiger partial charge in [0.05, 0.1) is 7.11 Å². The van der Waals surface area contributed by atoms with Gasteiger partial charge in [-0.15, -0.1) is 0 Å². The third-order valence-corrected chi connectivity index (χ3v) is 4.34. The molecule has 0 fully saturated rings. The molecule has 0 saturated carbocycles. The summed E-state index contributed by atoms with van der Waals surface area (Å²) < 4.78 is 5.37. The van der Waals surface area contributed by atoms with E-state index in [1.807, 2.05) is 42.5 Å². The minimum Gasteiger partial charge on any atom is -0.496 e. The van der Waals surface area contributed by atoms with Gasteiger partial charge in [-0.05, 0) is 17.0 Å². The fourth-order valence-corrected chi connectivity index (χ4v) is 2.93. The van der Waals surface area contributed by atoms with Crippen molar-refractivity contribution in [2.24, 2.45) is 0 Å². The average molecular weight is 314 g/mol. The predicted molar refractivity (Wildman–Crippen MR) is 92.7 cm³/mol. The lowest BCUT2D eigenvalue weighted by Gasteiger charge is -2.34. The highest BCUT2D eigenvalue weighted by Gasteiger charge is 2.39. The average Bonchev–Trinajstić information content (AvgIpc) is 2.53. The first-order chi connectivity index (χ1) is 10.7. The van der Waals surface area contributed by atoms with Crippen LogP contribution >= 0.6 is 0 Å². The summed E-state index contributed by atoms with van der Waals surface area (Å²) in [6.45, 7) is 8.00. The Labute approximate surface area is 138 Å². The van der Waals surface area contributed by atoms with Crippen LogP contribution in [0.3, 0.4) is 0 Å². The zero-order valence-electron chi connectivity index (χ0n) is 14.5. The SMILES string of the molecule is COc1ccccc1C(C)C(O)(O)c1ccccc1C(C)(C)C. The van der Waals surface area contributed by atoms with Gasteiger partial charge in [-0.1, -0.05) is 70.2 Å². The molecule has 2 aromatic carbocycles. The second-order valence-electron chi connectivity index (χ2n) is 6.99. The molecule has 1 unspecified atom stereocenters. The Kier molecular flexibility index (Phi) is 4.83. The van der Waals surface area contributed by atoms with E-state index >= 15 is 0 Å². The predicted octanol–water partition coefficient (Wildman–Crippen LogP) is 3.93. The highest BCUT2D eigenvalue weighted by molar-refractivity contribution is 5.42. The molecule has 2 aromatic rings. The fourth-order valence-electron chi connectivity index (χ4n) is 2.93. The molecular weight excluding hydrogens is 288 g/mol. The molecule has 124 valence electrons. The molecule has 0 bridgehead atoms. The van der Waals surface area contributed by atoms with E-state index in [0.717, 1.165) is 11.1 Å². The third-order valence-electron chi connectivity index (χ3n) is 4.34. The molecule has 0 heterocycles. The van der Waals surface area contributed by atoms with E-state index < -0.39 is 11.7 Å². The van der Waals surface area contributed by atoms with Crippen LogP contribution in [0.4, 0.5) is 0 Å². The molecule has 0 aliphatic carbocycles. The van der Waals surface area contributed by atoms with E-state index in [9.17, 15) is 10.2 Å². The van der Waals surface area contributed by atoms with Gasteiger partial charge < -0.3 is 14.9 Å². The van der Waals surface area contributed by atoms with Gasteiger partial charge in [-0.25, -0.2) is 0 Å². The molecule has 3 nitrogen and oxygen atoms in total. The van der Waals surface area contributed by atoms with Gasteiger partial charge in [-0.2, -0.15) is 0 Å². The van der Waals surface area contributed by atoms with Crippen molar-refractivity contribution in [3.05, 3.63) is 65.2 Å². The van der Waals surface area contributed by atoms with Crippen LogP contribution in [0.5, 0.6) is 5.75 Å². The summed E-state index contributed by atoms with van der Waals surface area (Å²) in [6.07, 6.45) is 0. The number of aliphatic hydroxyl groups is 2. The fraction of sp³-hybridized carbons (Fsp3) is 0.400. The molecule has 0 amide bonds. The minimum atomic E-state index is -1.99. The Morgan fingerprint density at radius 3 is 1.96 bits per heavy atom. The van der Waals surface area contributed by atoms with Gasteiger partial charge in [0.2, 0.25) is 0 Å². The first-order valence-electron chi connectivity index (χ1n) is 7.87. The van der Waals surface area contributed by atoms with Crippen molar-refractivity contribution >= 4 is 0 Å². The molecule has 23 heavy (non-hydrogen) atoms. The summed E-state index contributed by atoms with van der Waals surface area (Å²) in [4.78, 5) is 0. The van der Waals surface area contributed by atoms with Crippen LogP contribution in [0.1, 0.15) is 50.3 Å². The molecule has 0 radical (unpaired) electrons. The zero-order chi connectivity index (χ0) is 17.3. The number of benzene rings is 2. The van der Waals surface area contributed by atoms with Crippen LogP contribution in [0.15, 0.2) is 48.5 Å². The quantitative estimate of drug-likeness (QED) is 0.841. The topological polar surface area (TPSA) is 49.7 Å². The maximum Gasteiger partial charge on any atom is 0.197 e. The molecule has 0 aliphatic heterocycles. The molecule has 0 aliphatic rings. The van der Waals surface area contributed by atoms with Crippen molar-refractivity contribution in [1.29, 1.82) is 0 Å². The van der Waals surface area contributed by atoms with E-state index in [-0.39, 0.29) is 5.41 Å². The molecule has 0 aromatic heterocycles. The van der Waals surface area contributed by atoms with Crippen LogP contribution < -0.4 is 4.74 Å². The first kappa shape index (κ1) is 17.5. The number of ether oxygens (including phenoxy) is 1. The maximum absolute atomic E-state index is 11.0. The Balaban J connectivity index is 2.54. The van der Waals surface area contributed by atoms with Crippen molar-refractivity contribution in [1.82, 2.24) is 0 Å². The van der Waals surface area contributed by atoms with E-state index in [4.69, 9.17) is 4.74 Å². The summed E-state index contributed by atoms with van der Waals surface area (Å²) in [5.74, 6) is -1.87. The highest BCUT2D eigenvalue weighted by atomic mass is 16.5. The van der Waals surface area contributed by atoms with Crippen molar-refractivity contribution < 1.29 is 14.9 Å². The number of para-hydroxylation sites is 1. The molecule has 1 atom stereocenters. The second-order valence-corrected chi connectivity index (χ2v) is 6.99. The first-order valence-corrected chi connectivity index (χ1v) is 7.87. The summed E-state index contributed by atoms with van der Waals surface area (Å²) in [6, 6.07) is 14.9. The molecule has 2 N–H and O–H groups in total. The zero-order valence-corrected chi connectivity index (χ0v) is 14.5. The van der Waals surface area contributed by atoms with Gasteiger partial charge in [0.15, 0.2) is 5.79 Å². The van der Waals surface area contributed by atoms with Gasteiger partial charge in [0, 0.05) is 17.0 Å². The van der Waals surface area contributed by atoms with Crippen molar-refractivity contribution in [3.8, 4) is 5.75 Å². The van der Waals surface area contributed by atoms with Crippen molar-refractivity contribution in [3.63, 3.8) is 0 Å². The molecule has 0 spiro atoms. The molecule has 3 heteroatoms. The van der Waals surface area contributed by atoms with Gasteiger partial charge in [0.25, 0.3) is 0 Å². The molecular formula is C20H26O3. The largest absolute Gasteiger partial charge is 0.496 e. The minimum absolute atomic E-state index is 0.187. The summed E-state index contributed by atoms with van der Waals surface area (Å²) in [5.41, 5.74) is 2.04. The summed E-state index contributed by atoms with van der Waals surface area (Å²) in [7, 11) is 1.59. The molecule has 0 saturated heterocycles. The van der Waals surface area contributed by atoms with Crippen LogP contribution in [0, 0.1) is 0 Å². The van der Waals surface area contributed by atoms with E-state index in [2.05, 4.69) is 20.8 Å². The smallest absolute Gasteiger partial charge is 0.197 e. The third kappa shape index (κ3) is 3.41. The lowest BCUT2D eigenvalue weighted by Crippen LogP contribution is -2.35. The number of rotatable bonds is 4. The number of methoxy groups -OCH3 is 1. The van der Waals surface area contributed by atoms with Crippen LogP contribution in [0.2, 0.25) is 0 Å². The van der Waals surface area contributed by atoms with Crippen LogP contribution in [-0.2, 0) is 11.2 Å². The normalized spacial score (nSPS) is 13.7. The van der Waals surface area contributed by atoms with Crippen LogP contribution in [0.25, 0.3) is 0 Å². The number of hydrogen-bond donors (Lipinski definition) is 2. The second kappa shape index (κ2) is 6.34. The van der Waals surface area contributed by atoms with Crippen LogP contribution in [-0.4, -0.2) is 17.3 Å². The van der Waals surface area contributed by atoms with E-state index in [1.54, 1.807) is 20.1 Å². The highest BCUT2D eigenvalue weighted by Crippen LogP contribution is 2.41. The van der Waals surface area contributed by atoms with Gasteiger partial charge in [0.1, 0.15) is 5.75 Å². The Hall–Kier alpha value is -1.84. The Morgan fingerprint density at radius 2 is 1.39 bits per heavy atom. The van der Waals surface area contributed by atoms with Crippen molar-refractivity contribution in [2.45, 2.75) is 44.8 Å². The monoisotopic (exact) mass is 314 g/mol. The van der Waals surface area contributed by atoms with Crippen molar-refractivity contribution in [2.75, 3.05) is 7.11 Å². The van der Waals surface area contributed by atoms with Gasteiger partial charge in [-0.3, -0.25) is 0 Å². The van der Waals surface area contributed by atoms with E-state index in [1.165, 1.54) is 0 Å². The molecule has 2 rings (SSSR count). The lowest BCUT2D eigenvalue weighted by atomic mass is 9.77. The summed E-state index contributed by atoms with van der Waals surface area (Å²) >= 11 is 0. The van der Waals surface area contributed by atoms with Gasteiger partial charge >= 0.3 is 0 Å². The Bertz CT molecular complexity index is 669. The lowest BCUT2D eigenvalue weighted by molar-refractivity contribution is -0.186. The van der Waals surface area contributed by atoms with E-state index in [0.29, 0.717) is 11.3 Å².